The predicted octanol–water partition coefficient (Wildman–Crippen LogP) is 5.98. The van der Waals surface area contributed by atoms with Gasteiger partial charge in [-0.2, -0.15) is 0 Å². The maximum Gasteiger partial charge on any atom is 0.410 e. The highest BCUT2D eigenvalue weighted by Gasteiger charge is 2.28. The summed E-state index contributed by atoms with van der Waals surface area (Å²) < 4.78 is 16.7. The van der Waals surface area contributed by atoms with Crippen LogP contribution in [0.3, 0.4) is 0 Å². The molecule has 0 aromatic heterocycles. The third kappa shape index (κ3) is 6.61. The molecular weight excluding hydrogens is 470 g/mol. The number of hydrogen-bond acceptors (Lipinski definition) is 6. The second kappa shape index (κ2) is 10.9. The summed E-state index contributed by atoms with van der Waals surface area (Å²) in [5.74, 6) is 0.0694. The molecule has 0 unspecified atom stereocenters. The number of ether oxygens (including phenoxy) is 3. The smallest absolute Gasteiger partial charge is 0.410 e. The summed E-state index contributed by atoms with van der Waals surface area (Å²) in [6, 6.07) is 20.6. The number of carbonyl (C=O) groups is 2. The van der Waals surface area contributed by atoms with Crippen LogP contribution in [-0.2, 0) is 22.4 Å². The summed E-state index contributed by atoms with van der Waals surface area (Å²) in [6.07, 6.45) is 0.999. The molecule has 1 atom stereocenters. The Morgan fingerprint density at radius 1 is 1.03 bits per heavy atom. The van der Waals surface area contributed by atoms with Gasteiger partial charge in [0.15, 0.2) is 0 Å². The summed E-state index contributed by atoms with van der Waals surface area (Å²) >= 11 is 0. The topological polar surface area (TPSA) is 85.3 Å². The van der Waals surface area contributed by atoms with Crippen LogP contribution in [0.5, 0.6) is 11.5 Å². The molecule has 0 radical (unpaired) electrons. The Kier molecular flexibility index (Phi) is 7.71. The van der Waals surface area contributed by atoms with Gasteiger partial charge >= 0.3 is 12.1 Å². The van der Waals surface area contributed by atoms with E-state index in [1.54, 1.807) is 23.1 Å². The Bertz CT molecular complexity index is 1260. The molecule has 3 aromatic rings. The van der Waals surface area contributed by atoms with Crippen molar-refractivity contribution in [3.05, 3.63) is 83.4 Å². The standard InChI is InChI=1S/C30H33NO6/c1-30(2,3)37-29(34)31(18-20-8-6-5-7-9-20)19-24-13-10-23-16-21(12-15-27(23)36-24)22-11-14-25(26(32)17-22)28(33)35-4/h5-9,11-12,14-17,24,32H,10,13,18-19H2,1-4H3/t24-/m1/s1. The molecule has 1 N–H and O–H groups in total. The first-order valence-corrected chi connectivity index (χ1v) is 12.4. The molecular formula is C30H33NO6. The fraction of sp³-hybridized carbons (Fsp3) is 0.333. The highest BCUT2D eigenvalue weighted by Crippen LogP contribution is 2.34. The number of rotatable bonds is 6. The lowest BCUT2D eigenvalue weighted by molar-refractivity contribution is 0.0133. The first kappa shape index (κ1) is 26.1. The SMILES string of the molecule is COC(=O)c1ccc(-c2ccc3c(c2)CC[C@H](CN(Cc2ccccc2)C(=O)OC(C)(C)C)O3)cc1O. The first-order chi connectivity index (χ1) is 17.6. The highest BCUT2D eigenvalue weighted by molar-refractivity contribution is 5.93. The zero-order valence-electron chi connectivity index (χ0n) is 21.7. The van der Waals surface area contributed by atoms with Gasteiger partial charge in [-0.3, -0.25) is 0 Å². The summed E-state index contributed by atoms with van der Waals surface area (Å²) in [6.45, 7) is 6.43. The Hall–Kier alpha value is -4.00. The van der Waals surface area contributed by atoms with Gasteiger partial charge in [-0.25, -0.2) is 9.59 Å². The monoisotopic (exact) mass is 503 g/mol. The van der Waals surface area contributed by atoms with Crippen molar-refractivity contribution in [1.82, 2.24) is 4.90 Å². The molecule has 1 amide bonds. The van der Waals surface area contributed by atoms with E-state index in [1.807, 2.05) is 69.3 Å². The number of benzene rings is 3. The van der Waals surface area contributed by atoms with Crippen LogP contribution in [0.25, 0.3) is 11.1 Å². The van der Waals surface area contributed by atoms with Gasteiger partial charge in [-0.05, 0) is 80.1 Å². The minimum Gasteiger partial charge on any atom is -0.507 e. The number of amides is 1. The third-order valence-corrected chi connectivity index (χ3v) is 6.12. The van der Waals surface area contributed by atoms with Crippen LogP contribution in [0.2, 0.25) is 0 Å². The molecule has 1 aliphatic rings. The number of fused-ring (bicyclic) bond motifs is 1. The van der Waals surface area contributed by atoms with Crippen LogP contribution in [0.15, 0.2) is 66.7 Å². The maximum atomic E-state index is 13.0. The van der Waals surface area contributed by atoms with E-state index in [0.29, 0.717) is 13.1 Å². The van der Waals surface area contributed by atoms with E-state index < -0.39 is 11.6 Å². The molecule has 0 aliphatic carbocycles. The Morgan fingerprint density at radius 2 is 1.73 bits per heavy atom. The molecule has 0 saturated carbocycles. The van der Waals surface area contributed by atoms with Crippen molar-refractivity contribution in [3.63, 3.8) is 0 Å². The van der Waals surface area contributed by atoms with Crippen LogP contribution >= 0.6 is 0 Å². The predicted molar refractivity (Wildman–Crippen MR) is 141 cm³/mol. The number of esters is 1. The molecule has 1 heterocycles. The molecule has 0 saturated heterocycles. The van der Waals surface area contributed by atoms with Gasteiger partial charge in [0.05, 0.1) is 13.7 Å². The normalized spacial score (nSPS) is 14.8. The van der Waals surface area contributed by atoms with E-state index in [9.17, 15) is 14.7 Å². The Morgan fingerprint density at radius 3 is 2.41 bits per heavy atom. The summed E-state index contributed by atoms with van der Waals surface area (Å²) in [7, 11) is 1.28. The lowest BCUT2D eigenvalue weighted by Crippen LogP contribution is -2.43. The molecule has 194 valence electrons. The number of carbonyl (C=O) groups excluding carboxylic acids is 2. The molecule has 37 heavy (non-hydrogen) atoms. The second-order valence-corrected chi connectivity index (χ2v) is 10.2. The minimum atomic E-state index is -0.591. The maximum absolute atomic E-state index is 13.0. The fourth-order valence-electron chi connectivity index (χ4n) is 4.33. The van der Waals surface area contributed by atoms with Gasteiger partial charge in [-0.1, -0.05) is 42.5 Å². The van der Waals surface area contributed by atoms with Crippen LogP contribution in [-0.4, -0.2) is 47.4 Å². The van der Waals surface area contributed by atoms with Gasteiger partial charge in [-0.15, -0.1) is 0 Å². The Labute approximate surface area is 217 Å². The molecule has 7 heteroatoms. The molecule has 4 rings (SSSR count). The van der Waals surface area contributed by atoms with Crippen molar-refractivity contribution in [2.75, 3.05) is 13.7 Å². The van der Waals surface area contributed by atoms with Crippen molar-refractivity contribution in [3.8, 4) is 22.6 Å². The van der Waals surface area contributed by atoms with Crippen molar-refractivity contribution in [2.24, 2.45) is 0 Å². The zero-order chi connectivity index (χ0) is 26.6. The lowest BCUT2D eigenvalue weighted by Gasteiger charge is -2.33. The second-order valence-electron chi connectivity index (χ2n) is 10.2. The van der Waals surface area contributed by atoms with Crippen molar-refractivity contribution in [2.45, 2.75) is 51.9 Å². The number of phenols is 1. The van der Waals surface area contributed by atoms with Gasteiger partial charge in [0, 0.05) is 6.54 Å². The zero-order valence-corrected chi connectivity index (χ0v) is 21.7. The quantitative estimate of drug-likeness (QED) is 0.417. The number of aryl methyl sites for hydroxylation is 1. The third-order valence-electron chi connectivity index (χ3n) is 6.12. The van der Waals surface area contributed by atoms with Crippen molar-refractivity contribution >= 4 is 12.1 Å². The molecule has 3 aromatic carbocycles. The molecule has 7 nitrogen and oxygen atoms in total. The number of hydrogen-bond donors (Lipinski definition) is 1. The van der Waals surface area contributed by atoms with E-state index in [-0.39, 0.29) is 23.5 Å². The average molecular weight is 504 g/mol. The number of methoxy groups -OCH3 is 1. The largest absolute Gasteiger partial charge is 0.507 e. The van der Waals surface area contributed by atoms with Crippen molar-refractivity contribution in [1.29, 1.82) is 0 Å². The number of aromatic hydroxyl groups is 1. The van der Waals surface area contributed by atoms with Crippen molar-refractivity contribution < 1.29 is 28.9 Å². The molecule has 0 bridgehead atoms. The summed E-state index contributed by atoms with van der Waals surface area (Å²) in [4.78, 5) is 26.5. The van der Waals surface area contributed by atoms with Crippen LogP contribution in [0.1, 0.15) is 48.7 Å². The van der Waals surface area contributed by atoms with E-state index in [2.05, 4.69) is 0 Å². The highest BCUT2D eigenvalue weighted by atomic mass is 16.6. The molecule has 1 aliphatic heterocycles. The van der Waals surface area contributed by atoms with Gasteiger partial charge in [0.2, 0.25) is 0 Å². The van der Waals surface area contributed by atoms with Gasteiger partial charge in [0.1, 0.15) is 28.8 Å². The van der Waals surface area contributed by atoms with Crippen LogP contribution in [0, 0.1) is 0 Å². The Balaban J connectivity index is 1.49. The van der Waals surface area contributed by atoms with E-state index in [4.69, 9.17) is 14.2 Å². The van der Waals surface area contributed by atoms with Gasteiger partial charge < -0.3 is 24.2 Å². The lowest BCUT2D eigenvalue weighted by atomic mass is 9.96. The van der Waals surface area contributed by atoms with E-state index in [0.717, 1.165) is 40.8 Å². The van der Waals surface area contributed by atoms with E-state index >= 15 is 0 Å². The van der Waals surface area contributed by atoms with Crippen LogP contribution < -0.4 is 4.74 Å². The average Bonchev–Trinajstić information content (AvgIpc) is 2.87. The molecule has 0 spiro atoms. The minimum absolute atomic E-state index is 0.125. The first-order valence-electron chi connectivity index (χ1n) is 12.4. The summed E-state index contributed by atoms with van der Waals surface area (Å²) in [5, 5.41) is 10.3. The van der Waals surface area contributed by atoms with E-state index in [1.165, 1.54) is 7.11 Å². The van der Waals surface area contributed by atoms with Gasteiger partial charge in [0.25, 0.3) is 0 Å². The number of phenolic OH excluding ortho intramolecular Hbond substituents is 1. The van der Waals surface area contributed by atoms with Crippen LogP contribution in [0.4, 0.5) is 4.79 Å². The fourth-order valence-corrected chi connectivity index (χ4v) is 4.33. The summed E-state index contributed by atoms with van der Waals surface area (Å²) in [5.41, 5.74) is 3.31. The molecule has 0 fully saturated rings. The number of nitrogens with zero attached hydrogens (tertiary/aromatic N) is 1.